The normalized spacial score (nSPS) is 8.95. The van der Waals surface area contributed by atoms with Gasteiger partial charge in [-0.25, -0.2) is 9.59 Å². The van der Waals surface area contributed by atoms with Gasteiger partial charge in [-0.3, -0.25) is 0 Å². The highest BCUT2D eigenvalue weighted by Gasteiger charge is 2.10. The number of hydrogen-bond donors (Lipinski definition) is 2. The lowest BCUT2D eigenvalue weighted by Crippen LogP contribution is -2.40. The number of benzene rings is 1. The maximum Gasteiger partial charge on any atom is 0.335 e. The second-order valence-electron chi connectivity index (χ2n) is 4.15. The van der Waals surface area contributed by atoms with E-state index in [2.05, 4.69) is 23.1 Å². The largest absolute Gasteiger partial charge is 0.478 e. The van der Waals surface area contributed by atoms with Crippen LogP contribution < -0.4 is 5.32 Å². The summed E-state index contributed by atoms with van der Waals surface area (Å²) in [5, 5.41) is 11.5. The number of carboxylic acid groups (broad SMARTS) is 1. The molecule has 0 atom stereocenters. The van der Waals surface area contributed by atoms with Gasteiger partial charge < -0.3 is 15.3 Å². The van der Waals surface area contributed by atoms with Crippen LogP contribution in [0.3, 0.4) is 0 Å². The molecular formula is C16H16N2O3. The molecule has 0 aliphatic carbocycles. The summed E-state index contributed by atoms with van der Waals surface area (Å²) in [6.07, 6.45) is 5.22. The molecule has 2 N–H and O–H groups in total. The monoisotopic (exact) mass is 284 g/mol. The zero-order valence-corrected chi connectivity index (χ0v) is 11.7. The van der Waals surface area contributed by atoms with Crippen molar-refractivity contribution in [3.05, 3.63) is 35.4 Å². The lowest BCUT2D eigenvalue weighted by Gasteiger charge is -2.18. The van der Waals surface area contributed by atoms with E-state index in [0.29, 0.717) is 6.54 Å². The second-order valence-corrected chi connectivity index (χ2v) is 4.15. The molecule has 108 valence electrons. The number of amides is 2. The SMILES string of the molecule is C#CCN(CC#CC)C(=O)NCc1ccc(C(=O)O)cc1. The average molecular weight is 284 g/mol. The van der Waals surface area contributed by atoms with Crippen molar-refractivity contribution in [1.29, 1.82) is 0 Å². The summed E-state index contributed by atoms with van der Waals surface area (Å²) in [5.74, 6) is 6.92. The van der Waals surface area contributed by atoms with Gasteiger partial charge in [-0.15, -0.1) is 12.3 Å². The molecule has 5 nitrogen and oxygen atoms in total. The van der Waals surface area contributed by atoms with E-state index < -0.39 is 5.97 Å². The zero-order valence-electron chi connectivity index (χ0n) is 11.7. The van der Waals surface area contributed by atoms with Gasteiger partial charge >= 0.3 is 12.0 Å². The van der Waals surface area contributed by atoms with Crippen LogP contribution in [0.2, 0.25) is 0 Å². The van der Waals surface area contributed by atoms with Gasteiger partial charge in [0.15, 0.2) is 0 Å². The Morgan fingerprint density at radius 2 is 1.95 bits per heavy atom. The minimum atomic E-state index is -0.982. The molecular weight excluding hydrogens is 268 g/mol. The van der Waals surface area contributed by atoms with Gasteiger partial charge in [-0.05, 0) is 24.6 Å². The molecule has 0 spiro atoms. The maximum atomic E-state index is 11.9. The van der Waals surface area contributed by atoms with Crippen LogP contribution in [-0.2, 0) is 6.54 Å². The number of carbonyl (C=O) groups excluding carboxylic acids is 1. The molecule has 0 radical (unpaired) electrons. The first-order chi connectivity index (χ1) is 10.1. The van der Waals surface area contributed by atoms with Crippen molar-refractivity contribution in [3.8, 4) is 24.2 Å². The quantitative estimate of drug-likeness (QED) is 0.806. The highest BCUT2D eigenvalue weighted by atomic mass is 16.4. The first kappa shape index (κ1) is 16.1. The number of carboxylic acids is 1. The number of hydrogen-bond acceptors (Lipinski definition) is 2. The minimum absolute atomic E-state index is 0.179. The Morgan fingerprint density at radius 3 is 2.48 bits per heavy atom. The van der Waals surface area contributed by atoms with Gasteiger partial charge in [-0.1, -0.05) is 24.0 Å². The molecule has 2 amide bonds. The summed E-state index contributed by atoms with van der Waals surface area (Å²) in [6.45, 7) is 2.43. The van der Waals surface area contributed by atoms with Crippen LogP contribution >= 0.6 is 0 Å². The lowest BCUT2D eigenvalue weighted by atomic mass is 10.1. The summed E-state index contributed by atoms with van der Waals surface area (Å²) in [4.78, 5) is 24.1. The molecule has 5 heteroatoms. The summed E-state index contributed by atoms with van der Waals surface area (Å²) >= 11 is 0. The molecule has 1 rings (SSSR count). The third-order valence-corrected chi connectivity index (χ3v) is 2.66. The average Bonchev–Trinajstić information content (AvgIpc) is 2.49. The van der Waals surface area contributed by atoms with Gasteiger partial charge in [0.05, 0.1) is 18.7 Å². The molecule has 0 saturated carbocycles. The third kappa shape index (κ3) is 5.30. The van der Waals surface area contributed by atoms with Gasteiger partial charge in [0.25, 0.3) is 0 Å². The molecule has 0 aliphatic heterocycles. The molecule has 21 heavy (non-hydrogen) atoms. The number of rotatable bonds is 5. The molecule has 1 aromatic carbocycles. The fourth-order valence-electron chi connectivity index (χ4n) is 1.54. The van der Waals surface area contributed by atoms with Crippen LogP contribution in [0.25, 0.3) is 0 Å². The van der Waals surface area contributed by atoms with E-state index in [1.165, 1.54) is 17.0 Å². The number of aromatic carboxylic acids is 1. The molecule has 0 fully saturated rings. The lowest BCUT2D eigenvalue weighted by molar-refractivity contribution is 0.0697. The van der Waals surface area contributed by atoms with E-state index in [0.717, 1.165) is 5.56 Å². The summed E-state index contributed by atoms with van der Waals surface area (Å²) in [5.41, 5.74) is 1.01. The van der Waals surface area contributed by atoms with Crippen LogP contribution in [0.4, 0.5) is 4.79 Å². The Morgan fingerprint density at radius 1 is 1.29 bits per heavy atom. The van der Waals surface area contributed by atoms with Crippen molar-refractivity contribution >= 4 is 12.0 Å². The molecule has 0 unspecified atom stereocenters. The van der Waals surface area contributed by atoms with E-state index in [4.69, 9.17) is 11.5 Å². The van der Waals surface area contributed by atoms with E-state index in [-0.39, 0.29) is 24.7 Å². The number of urea groups is 1. The van der Waals surface area contributed by atoms with Crippen molar-refractivity contribution in [2.45, 2.75) is 13.5 Å². The Balaban J connectivity index is 2.59. The summed E-state index contributed by atoms with van der Waals surface area (Å²) in [6, 6.07) is 5.98. The molecule has 0 bridgehead atoms. The van der Waals surface area contributed by atoms with Crippen molar-refractivity contribution in [2.24, 2.45) is 0 Å². The van der Waals surface area contributed by atoms with E-state index in [1.54, 1.807) is 19.1 Å². The number of carbonyl (C=O) groups is 2. The molecule has 0 saturated heterocycles. The van der Waals surface area contributed by atoms with Crippen LogP contribution in [0.5, 0.6) is 0 Å². The molecule has 0 aliphatic rings. The van der Waals surface area contributed by atoms with Gasteiger partial charge in [-0.2, -0.15) is 0 Å². The van der Waals surface area contributed by atoms with Crippen molar-refractivity contribution < 1.29 is 14.7 Å². The Labute approximate surface area is 124 Å². The number of terminal acetylenes is 1. The highest BCUT2D eigenvalue weighted by Crippen LogP contribution is 2.04. The fraction of sp³-hybridized carbons (Fsp3) is 0.250. The van der Waals surface area contributed by atoms with Crippen molar-refractivity contribution in [3.63, 3.8) is 0 Å². The van der Waals surface area contributed by atoms with Gasteiger partial charge in [0, 0.05) is 6.54 Å². The second kappa shape index (κ2) is 8.29. The zero-order chi connectivity index (χ0) is 15.7. The highest BCUT2D eigenvalue weighted by molar-refractivity contribution is 5.87. The molecule has 1 aromatic rings. The maximum absolute atomic E-state index is 11.9. The van der Waals surface area contributed by atoms with E-state index in [9.17, 15) is 9.59 Å². The Bertz CT molecular complexity index is 603. The minimum Gasteiger partial charge on any atom is -0.478 e. The predicted octanol–water partition coefficient (Wildman–Crippen LogP) is 1.55. The fourth-order valence-corrected chi connectivity index (χ4v) is 1.54. The van der Waals surface area contributed by atoms with Gasteiger partial charge in [0.1, 0.15) is 0 Å². The van der Waals surface area contributed by atoms with Crippen LogP contribution in [0, 0.1) is 24.2 Å². The van der Waals surface area contributed by atoms with Crippen molar-refractivity contribution in [1.82, 2.24) is 10.2 Å². The smallest absolute Gasteiger partial charge is 0.335 e. The van der Waals surface area contributed by atoms with Crippen LogP contribution in [-0.4, -0.2) is 35.1 Å². The van der Waals surface area contributed by atoms with Crippen molar-refractivity contribution in [2.75, 3.05) is 13.1 Å². The topological polar surface area (TPSA) is 69.6 Å². The first-order valence-electron chi connectivity index (χ1n) is 6.26. The molecule has 0 heterocycles. The summed E-state index contributed by atoms with van der Waals surface area (Å²) in [7, 11) is 0. The standard InChI is InChI=1S/C16H16N2O3/c1-3-5-11-18(10-4-2)16(21)17-12-13-6-8-14(9-7-13)15(19)20/h2,6-9H,10-12H2,1H3,(H,17,21)(H,19,20). The Kier molecular flexibility index (Phi) is 6.37. The number of nitrogens with one attached hydrogen (secondary N) is 1. The molecule has 0 aromatic heterocycles. The summed E-state index contributed by atoms with van der Waals surface area (Å²) < 4.78 is 0. The van der Waals surface area contributed by atoms with E-state index in [1.807, 2.05) is 0 Å². The van der Waals surface area contributed by atoms with E-state index >= 15 is 0 Å². The predicted molar refractivity (Wildman–Crippen MR) is 79.5 cm³/mol. The van der Waals surface area contributed by atoms with Crippen LogP contribution in [0.1, 0.15) is 22.8 Å². The Hall–Kier alpha value is -2.92. The number of nitrogens with zero attached hydrogens (tertiary/aromatic N) is 1. The third-order valence-electron chi connectivity index (χ3n) is 2.66. The van der Waals surface area contributed by atoms with Gasteiger partial charge in [0.2, 0.25) is 0 Å². The first-order valence-corrected chi connectivity index (χ1v) is 6.26. The van der Waals surface area contributed by atoms with Crippen LogP contribution in [0.15, 0.2) is 24.3 Å².